The SMILES string of the molecule is C1=C2C(=NCC1)CCCn1c2c(C2CCCCC2)c2ccc(-c3nn[nH]n3)cc21. The van der Waals surface area contributed by atoms with Gasteiger partial charge >= 0.3 is 0 Å². The highest BCUT2D eigenvalue weighted by molar-refractivity contribution is 6.25. The zero-order valence-electron chi connectivity index (χ0n) is 16.7. The van der Waals surface area contributed by atoms with Crippen LogP contribution in [0.1, 0.15) is 68.5 Å². The molecule has 0 amide bonds. The van der Waals surface area contributed by atoms with Crippen molar-refractivity contribution in [3.8, 4) is 11.4 Å². The molecule has 3 aliphatic rings. The minimum atomic E-state index is 0.653. The summed E-state index contributed by atoms with van der Waals surface area (Å²) in [5.74, 6) is 1.31. The summed E-state index contributed by atoms with van der Waals surface area (Å²) >= 11 is 0. The Balaban J connectivity index is 1.62. The number of nitrogens with zero attached hydrogens (tertiary/aromatic N) is 5. The Morgan fingerprint density at radius 1 is 1.07 bits per heavy atom. The average molecular weight is 387 g/mol. The van der Waals surface area contributed by atoms with Crippen LogP contribution < -0.4 is 0 Å². The van der Waals surface area contributed by atoms with Crippen molar-refractivity contribution in [1.82, 2.24) is 25.2 Å². The number of dihydropyridines is 1. The molecule has 29 heavy (non-hydrogen) atoms. The molecule has 1 aliphatic carbocycles. The van der Waals surface area contributed by atoms with E-state index in [0.717, 1.165) is 37.9 Å². The molecule has 4 heterocycles. The van der Waals surface area contributed by atoms with E-state index in [1.54, 1.807) is 5.56 Å². The molecule has 6 nitrogen and oxygen atoms in total. The second-order valence-electron chi connectivity index (χ2n) is 8.55. The van der Waals surface area contributed by atoms with Crippen molar-refractivity contribution < 1.29 is 0 Å². The van der Waals surface area contributed by atoms with Crippen molar-refractivity contribution in [1.29, 1.82) is 0 Å². The number of nitrogens with one attached hydrogen (secondary N) is 1. The van der Waals surface area contributed by atoms with Gasteiger partial charge in [0.1, 0.15) is 0 Å². The first-order chi connectivity index (χ1) is 14.4. The van der Waals surface area contributed by atoms with Crippen LogP contribution in [-0.4, -0.2) is 37.4 Å². The summed E-state index contributed by atoms with van der Waals surface area (Å²) in [5, 5.41) is 16.1. The second-order valence-corrected chi connectivity index (χ2v) is 8.55. The molecule has 1 saturated carbocycles. The second kappa shape index (κ2) is 6.94. The fourth-order valence-electron chi connectivity index (χ4n) is 5.59. The Hall–Kier alpha value is -2.76. The van der Waals surface area contributed by atoms with Gasteiger partial charge in [0.05, 0.1) is 5.69 Å². The van der Waals surface area contributed by atoms with E-state index in [9.17, 15) is 0 Å². The maximum atomic E-state index is 4.93. The molecule has 1 aromatic carbocycles. The lowest BCUT2D eigenvalue weighted by atomic mass is 9.81. The van der Waals surface area contributed by atoms with Crippen molar-refractivity contribution in [2.45, 2.75) is 63.8 Å². The van der Waals surface area contributed by atoms with Gasteiger partial charge in [-0.15, -0.1) is 10.2 Å². The Morgan fingerprint density at radius 2 is 2.00 bits per heavy atom. The van der Waals surface area contributed by atoms with E-state index >= 15 is 0 Å². The molecule has 0 unspecified atom stereocenters. The molecule has 0 bridgehead atoms. The molecule has 2 aliphatic heterocycles. The lowest BCUT2D eigenvalue weighted by molar-refractivity contribution is 0.444. The van der Waals surface area contributed by atoms with E-state index in [2.05, 4.69) is 49.5 Å². The Labute approximate surface area is 170 Å². The molecule has 148 valence electrons. The van der Waals surface area contributed by atoms with E-state index in [0.29, 0.717) is 11.7 Å². The smallest absolute Gasteiger partial charge is 0.204 e. The minimum absolute atomic E-state index is 0.653. The van der Waals surface area contributed by atoms with Gasteiger partial charge in [-0.1, -0.05) is 37.5 Å². The van der Waals surface area contributed by atoms with Crippen molar-refractivity contribution in [3.63, 3.8) is 0 Å². The number of aromatic amines is 1. The van der Waals surface area contributed by atoms with E-state index in [-0.39, 0.29) is 0 Å². The molecular formula is C23H26N6. The van der Waals surface area contributed by atoms with Gasteiger partial charge in [-0.2, -0.15) is 5.21 Å². The number of aryl methyl sites for hydroxylation is 1. The van der Waals surface area contributed by atoms with Gasteiger partial charge in [-0.25, -0.2) is 0 Å². The molecule has 6 rings (SSSR count). The monoisotopic (exact) mass is 386 g/mol. The largest absolute Gasteiger partial charge is 0.340 e. The number of H-pyrrole nitrogens is 1. The van der Waals surface area contributed by atoms with Crippen LogP contribution in [0, 0.1) is 0 Å². The lowest BCUT2D eigenvalue weighted by Gasteiger charge is -2.24. The third-order valence-corrected chi connectivity index (χ3v) is 6.86. The number of tetrazole rings is 1. The van der Waals surface area contributed by atoms with Crippen molar-refractivity contribution >= 4 is 22.2 Å². The molecule has 1 N–H and O–H groups in total. The summed E-state index contributed by atoms with van der Waals surface area (Å²) in [6.45, 7) is 1.99. The van der Waals surface area contributed by atoms with Crippen molar-refractivity contribution in [2.24, 2.45) is 4.99 Å². The standard InChI is InChI=1S/C23H26N6/c1-2-6-15(7-3-1)21-18-11-10-16(23-25-27-28-26-23)14-20(18)29-13-5-9-19-17(22(21)29)8-4-12-24-19/h8,10-11,14-15H,1-7,9,12-13H2,(H,25,26,27,28). The molecule has 6 heteroatoms. The number of aromatic nitrogens is 5. The number of hydrogen-bond donors (Lipinski definition) is 1. The number of fused-ring (bicyclic) bond motifs is 5. The van der Waals surface area contributed by atoms with Crippen LogP contribution in [0.4, 0.5) is 0 Å². The molecule has 1 fully saturated rings. The highest BCUT2D eigenvalue weighted by atomic mass is 15.5. The van der Waals surface area contributed by atoms with Crippen LogP contribution in [0.2, 0.25) is 0 Å². The predicted octanol–water partition coefficient (Wildman–Crippen LogP) is 4.89. The predicted molar refractivity (Wildman–Crippen MR) is 115 cm³/mol. The van der Waals surface area contributed by atoms with Crippen molar-refractivity contribution in [2.75, 3.05) is 6.54 Å². The summed E-state index contributed by atoms with van der Waals surface area (Å²) in [4.78, 5) is 4.93. The van der Waals surface area contributed by atoms with E-state index in [1.165, 1.54) is 60.0 Å². The fourth-order valence-corrected chi connectivity index (χ4v) is 5.59. The number of hydrogen-bond acceptors (Lipinski definition) is 4. The molecule has 2 aromatic heterocycles. The van der Waals surface area contributed by atoms with E-state index in [1.807, 2.05) is 0 Å². The van der Waals surface area contributed by atoms with Crippen LogP contribution >= 0.6 is 0 Å². The van der Waals surface area contributed by atoms with Gasteiger partial charge in [-0.3, -0.25) is 4.99 Å². The first-order valence-corrected chi connectivity index (χ1v) is 11.0. The molecule has 0 saturated heterocycles. The fraction of sp³-hybridized carbons (Fsp3) is 0.478. The molecule has 0 spiro atoms. The van der Waals surface area contributed by atoms with Gasteiger partial charge in [0.25, 0.3) is 0 Å². The Kier molecular flexibility index (Phi) is 4.10. The van der Waals surface area contributed by atoms with Gasteiger partial charge in [0.15, 0.2) is 0 Å². The van der Waals surface area contributed by atoms with Crippen molar-refractivity contribution in [3.05, 3.63) is 35.5 Å². The molecule has 0 radical (unpaired) electrons. The Bertz CT molecular complexity index is 1110. The van der Waals surface area contributed by atoms with Gasteiger partial charge in [0, 0.05) is 40.8 Å². The highest BCUT2D eigenvalue weighted by Crippen LogP contribution is 2.45. The van der Waals surface area contributed by atoms with Crippen LogP contribution in [0.25, 0.3) is 27.9 Å². The summed E-state index contributed by atoms with van der Waals surface area (Å²) in [6.07, 6.45) is 12.4. The third kappa shape index (κ3) is 2.76. The molecular weight excluding hydrogens is 360 g/mol. The summed E-state index contributed by atoms with van der Waals surface area (Å²) in [5.41, 5.74) is 8.10. The summed E-state index contributed by atoms with van der Waals surface area (Å²) < 4.78 is 2.57. The van der Waals surface area contributed by atoms with Crippen LogP contribution in [0.15, 0.2) is 29.3 Å². The normalized spacial score (nSPS) is 20.0. The average Bonchev–Trinajstić information content (AvgIpc) is 3.37. The molecule has 0 atom stereocenters. The van der Waals surface area contributed by atoms with E-state index in [4.69, 9.17) is 4.99 Å². The lowest BCUT2D eigenvalue weighted by Crippen LogP contribution is -2.12. The first-order valence-electron chi connectivity index (χ1n) is 11.0. The van der Waals surface area contributed by atoms with Crippen LogP contribution in [-0.2, 0) is 6.54 Å². The van der Waals surface area contributed by atoms with Crippen LogP contribution in [0.5, 0.6) is 0 Å². The first kappa shape index (κ1) is 17.1. The Morgan fingerprint density at radius 3 is 2.86 bits per heavy atom. The highest BCUT2D eigenvalue weighted by Gasteiger charge is 2.30. The third-order valence-electron chi connectivity index (χ3n) is 6.86. The number of aliphatic imine (C=N–C) groups is 1. The maximum absolute atomic E-state index is 4.93. The van der Waals surface area contributed by atoms with Gasteiger partial charge in [0.2, 0.25) is 5.82 Å². The quantitative estimate of drug-likeness (QED) is 0.681. The zero-order chi connectivity index (χ0) is 19.2. The van der Waals surface area contributed by atoms with E-state index < -0.39 is 0 Å². The van der Waals surface area contributed by atoms with Crippen LogP contribution in [0.3, 0.4) is 0 Å². The number of rotatable bonds is 2. The maximum Gasteiger partial charge on any atom is 0.204 e. The summed E-state index contributed by atoms with van der Waals surface area (Å²) in [7, 11) is 0. The number of allylic oxidation sites excluding steroid dienone is 1. The molecule has 3 aromatic rings. The topological polar surface area (TPSA) is 71.8 Å². The zero-order valence-corrected chi connectivity index (χ0v) is 16.7. The minimum Gasteiger partial charge on any atom is -0.340 e. The summed E-state index contributed by atoms with van der Waals surface area (Å²) in [6, 6.07) is 6.72. The van der Waals surface area contributed by atoms with Gasteiger partial charge in [-0.05, 0) is 54.9 Å². The van der Waals surface area contributed by atoms with Gasteiger partial charge < -0.3 is 4.57 Å². The number of benzene rings is 1.